The third-order valence-electron chi connectivity index (χ3n) is 2.02. The molecule has 7 heteroatoms. The summed E-state index contributed by atoms with van der Waals surface area (Å²) in [5, 5.41) is 17.6. The van der Waals surface area contributed by atoms with Gasteiger partial charge in [0.1, 0.15) is 0 Å². The number of ether oxygens (including phenoxy) is 1. The molecular weight excluding hydrogens is 246 g/mol. The van der Waals surface area contributed by atoms with Crippen LogP contribution in [0.25, 0.3) is 0 Å². The fourth-order valence-corrected chi connectivity index (χ4v) is 1.44. The van der Waals surface area contributed by atoms with E-state index in [9.17, 15) is 10.1 Å². The zero-order valence-corrected chi connectivity index (χ0v) is 9.56. The van der Waals surface area contributed by atoms with Crippen molar-refractivity contribution >= 4 is 17.3 Å². The molecule has 17 heavy (non-hydrogen) atoms. The van der Waals surface area contributed by atoms with Gasteiger partial charge in [-0.15, -0.1) is 5.10 Å². The second kappa shape index (κ2) is 4.42. The Morgan fingerprint density at radius 2 is 2.24 bits per heavy atom. The first-order valence-electron chi connectivity index (χ1n) is 4.70. The molecule has 2 aromatic rings. The van der Waals surface area contributed by atoms with Gasteiger partial charge in [-0.1, -0.05) is 11.6 Å². The quantitative estimate of drug-likeness (QED) is 0.673. The molecule has 0 aliphatic heterocycles. The average molecular weight is 254 g/mol. The number of nitro groups is 1. The number of benzene rings is 1. The monoisotopic (exact) mass is 253 g/mol. The van der Waals surface area contributed by atoms with Crippen LogP contribution in [0.3, 0.4) is 0 Å². The molecule has 6 nitrogen and oxygen atoms in total. The van der Waals surface area contributed by atoms with Gasteiger partial charge in [0.25, 0.3) is 0 Å². The molecule has 0 unspecified atom stereocenters. The Bertz CT molecular complexity index is 568. The number of aromatic amines is 1. The van der Waals surface area contributed by atoms with Crippen LogP contribution in [0.1, 0.15) is 5.69 Å². The van der Waals surface area contributed by atoms with E-state index in [1.165, 1.54) is 18.2 Å². The number of hydrogen-bond donors (Lipinski definition) is 1. The average Bonchev–Trinajstić information content (AvgIpc) is 2.63. The number of nitro benzene ring substituents is 1. The Morgan fingerprint density at radius 3 is 2.82 bits per heavy atom. The predicted octanol–water partition coefficient (Wildman–Crippen LogP) is 3.07. The minimum absolute atomic E-state index is 0.0639. The minimum Gasteiger partial charge on any atom is -0.430 e. The van der Waals surface area contributed by atoms with Crippen LogP contribution < -0.4 is 4.74 Å². The van der Waals surface area contributed by atoms with Crippen LogP contribution in [0.2, 0.25) is 5.02 Å². The van der Waals surface area contributed by atoms with Crippen molar-refractivity contribution in [3.63, 3.8) is 0 Å². The van der Waals surface area contributed by atoms with E-state index in [-0.39, 0.29) is 17.3 Å². The van der Waals surface area contributed by atoms with E-state index < -0.39 is 4.92 Å². The molecule has 0 fully saturated rings. The molecule has 0 saturated heterocycles. The molecule has 0 spiro atoms. The Balaban J connectivity index is 2.37. The van der Waals surface area contributed by atoms with Gasteiger partial charge < -0.3 is 4.74 Å². The molecule has 0 amide bonds. The van der Waals surface area contributed by atoms with Gasteiger partial charge >= 0.3 is 5.69 Å². The summed E-state index contributed by atoms with van der Waals surface area (Å²) in [4.78, 5) is 10.2. The molecule has 1 aromatic heterocycles. The molecule has 88 valence electrons. The van der Waals surface area contributed by atoms with Crippen molar-refractivity contribution in [2.45, 2.75) is 6.92 Å². The van der Waals surface area contributed by atoms with Gasteiger partial charge in [-0.05, 0) is 13.0 Å². The van der Waals surface area contributed by atoms with Crippen LogP contribution in [0.4, 0.5) is 5.69 Å². The molecule has 2 rings (SSSR count). The summed E-state index contributed by atoms with van der Waals surface area (Å²) in [6, 6.07) is 5.73. The van der Waals surface area contributed by atoms with Crippen molar-refractivity contribution in [1.29, 1.82) is 0 Å². The molecule has 0 bridgehead atoms. The van der Waals surface area contributed by atoms with Gasteiger partial charge in [-0.2, -0.15) is 0 Å². The lowest BCUT2D eigenvalue weighted by atomic mass is 10.3. The number of H-pyrrole nitrogens is 1. The van der Waals surface area contributed by atoms with Crippen LogP contribution in [0.15, 0.2) is 24.3 Å². The predicted molar refractivity (Wildman–Crippen MR) is 61.5 cm³/mol. The maximum Gasteiger partial charge on any atom is 0.311 e. The van der Waals surface area contributed by atoms with Gasteiger partial charge in [-0.3, -0.25) is 15.2 Å². The van der Waals surface area contributed by atoms with Crippen LogP contribution in [0, 0.1) is 17.0 Å². The molecule has 0 aliphatic rings. The van der Waals surface area contributed by atoms with Crippen molar-refractivity contribution in [2.75, 3.05) is 0 Å². The molecule has 0 aliphatic carbocycles. The summed E-state index contributed by atoms with van der Waals surface area (Å²) in [7, 11) is 0. The van der Waals surface area contributed by atoms with Gasteiger partial charge in [-0.25, -0.2) is 0 Å². The first kappa shape index (κ1) is 11.4. The largest absolute Gasteiger partial charge is 0.430 e. The van der Waals surface area contributed by atoms with Gasteiger partial charge in [0.2, 0.25) is 11.6 Å². The Labute approximate surface area is 101 Å². The Morgan fingerprint density at radius 1 is 1.47 bits per heavy atom. The third-order valence-corrected chi connectivity index (χ3v) is 2.25. The number of halogens is 1. The Kier molecular flexibility index (Phi) is 2.97. The summed E-state index contributed by atoms with van der Waals surface area (Å²) >= 11 is 5.76. The van der Waals surface area contributed by atoms with Crippen molar-refractivity contribution in [1.82, 2.24) is 10.2 Å². The number of aromatic nitrogens is 2. The fraction of sp³-hybridized carbons (Fsp3) is 0.100. The van der Waals surface area contributed by atoms with Gasteiger partial charge in [0.05, 0.1) is 4.92 Å². The Hall–Kier alpha value is -2.08. The van der Waals surface area contributed by atoms with E-state index in [4.69, 9.17) is 16.3 Å². The lowest BCUT2D eigenvalue weighted by Crippen LogP contribution is -1.93. The summed E-state index contributed by atoms with van der Waals surface area (Å²) in [6.07, 6.45) is 0. The third kappa shape index (κ3) is 2.54. The van der Waals surface area contributed by atoms with Gasteiger partial charge in [0.15, 0.2) is 0 Å². The van der Waals surface area contributed by atoms with Gasteiger partial charge in [0, 0.05) is 28.9 Å². The van der Waals surface area contributed by atoms with Crippen molar-refractivity contribution in [2.24, 2.45) is 0 Å². The molecule has 0 saturated carbocycles. The summed E-state index contributed by atoms with van der Waals surface area (Å²) in [5.41, 5.74) is 0.639. The van der Waals surface area contributed by atoms with Crippen molar-refractivity contribution in [3.05, 3.63) is 45.1 Å². The zero-order valence-electron chi connectivity index (χ0n) is 8.81. The van der Waals surface area contributed by atoms with Crippen molar-refractivity contribution < 1.29 is 9.66 Å². The highest BCUT2D eigenvalue weighted by Gasteiger charge is 2.16. The normalized spacial score (nSPS) is 10.2. The highest BCUT2D eigenvalue weighted by Crippen LogP contribution is 2.33. The summed E-state index contributed by atoms with van der Waals surface area (Å²) < 4.78 is 5.30. The maximum absolute atomic E-state index is 10.8. The molecule has 0 radical (unpaired) electrons. The molecule has 1 heterocycles. The second-order valence-electron chi connectivity index (χ2n) is 3.36. The standard InChI is InChI=1S/C10H8ClN3O3/c1-6-4-10(13-12-6)17-9-5-7(11)2-3-8(9)14(15)16/h2-5H,1H3,(H,12,13). The maximum atomic E-state index is 10.8. The molecule has 0 atom stereocenters. The first-order valence-corrected chi connectivity index (χ1v) is 5.08. The first-order chi connectivity index (χ1) is 8.06. The zero-order chi connectivity index (χ0) is 12.4. The van der Waals surface area contributed by atoms with Crippen LogP contribution in [-0.2, 0) is 0 Å². The lowest BCUT2D eigenvalue weighted by Gasteiger charge is -2.03. The summed E-state index contributed by atoms with van der Waals surface area (Å²) in [5.74, 6) is 0.321. The highest BCUT2D eigenvalue weighted by molar-refractivity contribution is 6.30. The van der Waals surface area contributed by atoms with Crippen molar-refractivity contribution in [3.8, 4) is 11.6 Å². The SMILES string of the molecule is Cc1cc(Oc2cc(Cl)ccc2[N+](=O)[O-])n[nH]1. The highest BCUT2D eigenvalue weighted by atomic mass is 35.5. The van der Waals surface area contributed by atoms with E-state index in [0.29, 0.717) is 5.02 Å². The van der Waals surface area contributed by atoms with E-state index in [1.807, 2.05) is 0 Å². The topological polar surface area (TPSA) is 81.1 Å². The number of nitrogens with zero attached hydrogens (tertiary/aromatic N) is 2. The lowest BCUT2D eigenvalue weighted by molar-refractivity contribution is -0.385. The number of nitrogens with one attached hydrogen (secondary N) is 1. The summed E-state index contributed by atoms with van der Waals surface area (Å²) in [6.45, 7) is 1.80. The minimum atomic E-state index is -0.537. The molecular formula is C10H8ClN3O3. The van der Waals surface area contributed by atoms with Crippen LogP contribution in [-0.4, -0.2) is 15.1 Å². The number of rotatable bonds is 3. The van der Waals surface area contributed by atoms with Crippen LogP contribution in [0.5, 0.6) is 11.6 Å². The van der Waals surface area contributed by atoms with E-state index in [2.05, 4.69) is 10.2 Å². The number of hydrogen-bond acceptors (Lipinski definition) is 4. The van der Waals surface area contributed by atoms with Crippen LogP contribution >= 0.6 is 11.6 Å². The smallest absolute Gasteiger partial charge is 0.311 e. The number of aryl methyl sites for hydroxylation is 1. The van der Waals surface area contributed by atoms with E-state index in [1.54, 1.807) is 13.0 Å². The van der Waals surface area contributed by atoms with E-state index >= 15 is 0 Å². The fourth-order valence-electron chi connectivity index (χ4n) is 1.28. The van der Waals surface area contributed by atoms with E-state index in [0.717, 1.165) is 5.69 Å². The molecule has 1 aromatic carbocycles. The second-order valence-corrected chi connectivity index (χ2v) is 3.80. The molecule has 1 N–H and O–H groups in total.